The summed E-state index contributed by atoms with van der Waals surface area (Å²) < 4.78 is 0. The van der Waals surface area contributed by atoms with Crippen LogP contribution in [0, 0.1) is 5.92 Å². The molecule has 0 saturated heterocycles. The molecular weight excluding hydrogens is 196 g/mol. The molecule has 0 bridgehead atoms. The number of rotatable bonds is 6. The largest absolute Gasteiger partial charge is 0.300 e. The molecule has 16 heavy (non-hydrogen) atoms. The van der Waals surface area contributed by atoms with Gasteiger partial charge in [-0.2, -0.15) is 0 Å². The maximum absolute atomic E-state index is 11.4. The van der Waals surface area contributed by atoms with E-state index in [4.69, 9.17) is 0 Å². The number of unbranched alkanes of at least 4 members (excludes halogenated alkanes) is 4. The summed E-state index contributed by atoms with van der Waals surface area (Å²) in [6.07, 6.45) is 16.3. The molecule has 0 aromatic carbocycles. The van der Waals surface area contributed by atoms with Gasteiger partial charge in [-0.3, -0.25) is 4.79 Å². The summed E-state index contributed by atoms with van der Waals surface area (Å²) in [6.45, 7) is 2.24. The third-order valence-electron chi connectivity index (χ3n) is 3.40. The topological polar surface area (TPSA) is 17.1 Å². The van der Waals surface area contributed by atoms with Crippen LogP contribution < -0.4 is 0 Å². The Morgan fingerprint density at radius 1 is 1.25 bits per heavy atom. The molecule has 0 aliphatic heterocycles. The van der Waals surface area contributed by atoms with Crippen molar-refractivity contribution in [3.63, 3.8) is 0 Å². The van der Waals surface area contributed by atoms with Gasteiger partial charge in [-0.05, 0) is 31.6 Å². The fraction of sp³-hybridized carbons (Fsp3) is 0.800. The standard InChI is InChI=1S/C15H26O/c1-2-3-4-5-6-7-10-14-11-8-9-12-15(16)13-14/h7,10,14H,2-6,8-9,11-13H2,1H3/b10-7+. The van der Waals surface area contributed by atoms with Gasteiger partial charge in [0.05, 0.1) is 0 Å². The average molecular weight is 222 g/mol. The summed E-state index contributed by atoms with van der Waals surface area (Å²) in [4.78, 5) is 11.4. The van der Waals surface area contributed by atoms with Crippen molar-refractivity contribution in [3.8, 4) is 0 Å². The van der Waals surface area contributed by atoms with Crippen LogP contribution in [-0.2, 0) is 4.79 Å². The summed E-state index contributed by atoms with van der Waals surface area (Å²) in [6, 6.07) is 0. The lowest BCUT2D eigenvalue weighted by atomic mass is 9.99. The van der Waals surface area contributed by atoms with Crippen molar-refractivity contribution in [2.45, 2.75) is 71.1 Å². The van der Waals surface area contributed by atoms with Crippen molar-refractivity contribution in [1.82, 2.24) is 0 Å². The summed E-state index contributed by atoms with van der Waals surface area (Å²) in [5, 5.41) is 0. The highest BCUT2D eigenvalue weighted by atomic mass is 16.1. The summed E-state index contributed by atoms with van der Waals surface area (Å²) in [5.41, 5.74) is 0. The zero-order chi connectivity index (χ0) is 11.6. The maximum atomic E-state index is 11.4. The van der Waals surface area contributed by atoms with E-state index in [0.29, 0.717) is 11.7 Å². The molecular formula is C15H26O. The number of Topliss-reactive ketones (excluding diaryl/α,β-unsaturated/α-hetero) is 1. The molecule has 1 atom stereocenters. The van der Waals surface area contributed by atoms with Crippen LogP contribution in [-0.4, -0.2) is 5.78 Å². The van der Waals surface area contributed by atoms with Gasteiger partial charge >= 0.3 is 0 Å². The van der Waals surface area contributed by atoms with Crippen molar-refractivity contribution in [1.29, 1.82) is 0 Å². The fourth-order valence-corrected chi connectivity index (χ4v) is 2.37. The highest BCUT2D eigenvalue weighted by Gasteiger charge is 2.14. The van der Waals surface area contributed by atoms with Gasteiger partial charge in [-0.1, -0.05) is 44.8 Å². The van der Waals surface area contributed by atoms with Gasteiger partial charge in [-0.15, -0.1) is 0 Å². The molecule has 1 nitrogen and oxygen atoms in total. The van der Waals surface area contributed by atoms with Crippen LogP contribution in [0.3, 0.4) is 0 Å². The minimum Gasteiger partial charge on any atom is -0.300 e. The number of ketones is 1. The fourth-order valence-electron chi connectivity index (χ4n) is 2.37. The molecule has 0 spiro atoms. The van der Waals surface area contributed by atoms with E-state index in [1.165, 1.54) is 44.9 Å². The lowest BCUT2D eigenvalue weighted by Gasteiger charge is -2.06. The number of allylic oxidation sites excluding steroid dienone is 2. The van der Waals surface area contributed by atoms with Gasteiger partial charge < -0.3 is 0 Å². The monoisotopic (exact) mass is 222 g/mol. The smallest absolute Gasteiger partial charge is 0.133 e. The van der Waals surface area contributed by atoms with E-state index in [-0.39, 0.29) is 0 Å². The average Bonchev–Trinajstić information content (AvgIpc) is 2.48. The van der Waals surface area contributed by atoms with E-state index in [1.54, 1.807) is 0 Å². The van der Waals surface area contributed by atoms with Gasteiger partial charge in [0.1, 0.15) is 5.78 Å². The maximum Gasteiger partial charge on any atom is 0.133 e. The lowest BCUT2D eigenvalue weighted by Crippen LogP contribution is -2.01. The second-order valence-corrected chi connectivity index (χ2v) is 5.03. The van der Waals surface area contributed by atoms with Crippen LogP contribution >= 0.6 is 0 Å². The van der Waals surface area contributed by atoms with Gasteiger partial charge in [0.25, 0.3) is 0 Å². The van der Waals surface area contributed by atoms with Crippen LogP contribution in [0.2, 0.25) is 0 Å². The molecule has 1 saturated carbocycles. The van der Waals surface area contributed by atoms with Gasteiger partial charge in [-0.25, -0.2) is 0 Å². The predicted molar refractivity (Wildman–Crippen MR) is 69.5 cm³/mol. The Kier molecular flexibility index (Phi) is 7.20. The molecule has 0 aromatic heterocycles. The van der Waals surface area contributed by atoms with Crippen LogP contribution in [0.15, 0.2) is 12.2 Å². The Morgan fingerprint density at radius 3 is 2.94 bits per heavy atom. The molecule has 0 radical (unpaired) electrons. The van der Waals surface area contributed by atoms with Crippen LogP contribution in [0.4, 0.5) is 0 Å². The van der Waals surface area contributed by atoms with Crippen molar-refractivity contribution in [3.05, 3.63) is 12.2 Å². The predicted octanol–water partition coefficient (Wildman–Crippen LogP) is 4.66. The lowest BCUT2D eigenvalue weighted by molar-refractivity contribution is -0.119. The first kappa shape index (κ1) is 13.5. The first-order chi connectivity index (χ1) is 7.83. The quantitative estimate of drug-likeness (QED) is 0.363. The minimum atomic E-state index is 0.470. The van der Waals surface area contributed by atoms with E-state index < -0.39 is 0 Å². The molecule has 0 amide bonds. The number of hydrogen-bond acceptors (Lipinski definition) is 1. The zero-order valence-corrected chi connectivity index (χ0v) is 10.7. The van der Waals surface area contributed by atoms with Crippen LogP contribution in [0.5, 0.6) is 0 Å². The first-order valence-corrected chi connectivity index (χ1v) is 7.01. The zero-order valence-electron chi connectivity index (χ0n) is 10.7. The van der Waals surface area contributed by atoms with Gasteiger partial charge in [0, 0.05) is 12.8 Å². The number of carbonyl (C=O) groups is 1. The Morgan fingerprint density at radius 2 is 2.12 bits per heavy atom. The van der Waals surface area contributed by atoms with Crippen molar-refractivity contribution < 1.29 is 4.79 Å². The Balaban J connectivity index is 2.14. The normalized spacial score (nSPS) is 22.6. The molecule has 1 fully saturated rings. The summed E-state index contributed by atoms with van der Waals surface area (Å²) in [5.74, 6) is 1.01. The highest BCUT2D eigenvalue weighted by Crippen LogP contribution is 2.22. The molecule has 0 heterocycles. The van der Waals surface area contributed by atoms with Gasteiger partial charge in [0.15, 0.2) is 0 Å². The van der Waals surface area contributed by atoms with E-state index in [0.717, 1.165) is 19.3 Å². The SMILES string of the molecule is CCCCCC/C=C/C1CCCCC(=O)C1. The van der Waals surface area contributed by atoms with Gasteiger partial charge in [0.2, 0.25) is 0 Å². The molecule has 0 aromatic rings. The molecule has 0 N–H and O–H groups in total. The molecule has 92 valence electrons. The minimum absolute atomic E-state index is 0.470. The second kappa shape index (κ2) is 8.55. The highest BCUT2D eigenvalue weighted by molar-refractivity contribution is 5.79. The molecule has 1 rings (SSSR count). The van der Waals surface area contributed by atoms with Crippen molar-refractivity contribution >= 4 is 5.78 Å². The van der Waals surface area contributed by atoms with E-state index in [1.807, 2.05) is 0 Å². The third-order valence-corrected chi connectivity index (χ3v) is 3.40. The van der Waals surface area contributed by atoms with Crippen LogP contribution in [0.25, 0.3) is 0 Å². The number of carbonyl (C=O) groups excluding carboxylic acids is 1. The summed E-state index contributed by atoms with van der Waals surface area (Å²) >= 11 is 0. The van der Waals surface area contributed by atoms with Crippen LogP contribution in [0.1, 0.15) is 71.1 Å². The summed E-state index contributed by atoms with van der Waals surface area (Å²) in [7, 11) is 0. The molecule has 1 unspecified atom stereocenters. The first-order valence-electron chi connectivity index (χ1n) is 7.01. The Labute approximate surface area is 100 Å². The molecule has 1 heteroatoms. The second-order valence-electron chi connectivity index (χ2n) is 5.03. The number of hydrogen-bond donors (Lipinski definition) is 0. The van der Waals surface area contributed by atoms with E-state index in [9.17, 15) is 4.79 Å². The Hall–Kier alpha value is -0.590. The van der Waals surface area contributed by atoms with E-state index >= 15 is 0 Å². The molecule has 1 aliphatic carbocycles. The van der Waals surface area contributed by atoms with Crippen molar-refractivity contribution in [2.75, 3.05) is 0 Å². The third kappa shape index (κ3) is 6.09. The molecule has 1 aliphatic rings. The van der Waals surface area contributed by atoms with Crippen molar-refractivity contribution in [2.24, 2.45) is 5.92 Å². The van der Waals surface area contributed by atoms with E-state index in [2.05, 4.69) is 19.1 Å². The Bertz CT molecular complexity index is 217.